The third-order valence-corrected chi connectivity index (χ3v) is 2.32. The molecule has 1 N–H and O–H groups in total. The molecule has 2 nitrogen and oxygen atoms in total. The highest BCUT2D eigenvalue weighted by molar-refractivity contribution is 4.75. The van der Waals surface area contributed by atoms with Crippen LogP contribution in [0.15, 0.2) is 0 Å². The molecule has 12 heavy (non-hydrogen) atoms. The summed E-state index contributed by atoms with van der Waals surface area (Å²) in [5.41, 5.74) is 0.00361. The largest absolute Gasteiger partial charge is 0.374 e. The van der Waals surface area contributed by atoms with E-state index in [0.717, 1.165) is 19.1 Å². The zero-order valence-electron chi connectivity index (χ0n) is 8.52. The maximum atomic E-state index is 5.76. The highest BCUT2D eigenvalue weighted by Crippen LogP contribution is 2.32. The van der Waals surface area contributed by atoms with Gasteiger partial charge in [-0.15, -0.1) is 0 Å². The van der Waals surface area contributed by atoms with Crippen molar-refractivity contribution in [3.63, 3.8) is 0 Å². The molecule has 72 valence electrons. The summed E-state index contributed by atoms with van der Waals surface area (Å²) in [6.07, 6.45) is 4.11. The third-order valence-electron chi connectivity index (χ3n) is 2.32. The summed E-state index contributed by atoms with van der Waals surface area (Å²) in [6, 6.07) is 0. The average molecular weight is 171 g/mol. The summed E-state index contributed by atoms with van der Waals surface area (Å²) in [4.78, 5) is 0. The fraction of sp³-hybridized carbons (Fsp3) is 1.00. The Labute approximate surface area is 75.7 Å². The van der Waals surface area contributed by atoms with Crippen LogP contribution in [-0.2, 0) is 4.74 Å². The zero-order valence-corrected chi connectivity index (χ0v) is 8.52. The van der Waals surface area contributed by atoms with Gasteiger partial charge in [-0.25, -0.2) is 0 Å². The minimum Gasteiger partial charge on any atom is -0.374 e. The number of hydrogen-bond acceptors (Lipinski definition) is 2. The van der Waals surface area contributed by atoms with E-state index in [-0.39, 0.29) is 5.60 Å². The fourth-order valence-electron chi connectivity index (χ4n) is 1.39. The van der Waals surface area contributed by atoms with E-state index in [2.05, 4.69) is 19.2 Å². The minimum atomic E-state index is 0.00361. The predicted octanol–water partition coefficient (Wildman–Crippen LogP) is 1.80. The van der Waals surface area contributed by atoms with Crippen molar-refractivity contribution in [2.45, 2.75) is 38.7 Å². The lowest BCUT2D eigenvalue weighted by Crippen LogP contribution is -2.36. The molecule has 1 saturated carbocycles. The molecule has 0 bridgehead atoms. The lowest BCUT2D eigenvalue weighted by molar-refractivity contribution is -0.0177. The van der Waals surface area contributed by atoms with E-state index >= 15 is 0 Å². The van der Waals surface area contributed by atoms with E-state index in [1.165, 1.54) is 19.3 Å². The van der Waals surface area contributed by atoms with Crippen molar-refractivity contribution in [1.82, 2.24) is 5.32 Å². The van der Waals surface area contributed by atoms with Crippen LogP contribution in [0.3, 0.4) is 0 Å². The van der Waals surface area contributed by atoms with Crippen LogP contribution in [0.5, 0.6) is 0 Å². The molecular formula is C10H21NO. The summed E-state index contributed by atoms with van der Waals surface area (Å²) in [5.74, 6) is 0.982. The van der Waals surface area contributed by atoms with Crippen LogP contribution in [0.2, 0.25) is 0 Å². The first kappa shape index (κ1) is 10.0. The molecule has 0 heterocycles. The molecule has 0 aromatic heterocycles. The van der Waals surface area contributed by atoms with Crippen molar-refractivity contribution >= 4 is 0 Å². The van der Waals surface area contributed by atoms with Gasteiger partial charge in [-0.3, -0.25) is 0 Å². The molecule has 0 radical (unpaired) electrons. The zero-order chi connectivity index (χ0) is 9.03. The van der Waals surface area contributed by atoms with Crippen LogP contribution in [0.4, 0.5) is 0 Å². The Morgan fingerprint density at radius 1 is 1.42 bits per heavy atom. The van der Waals surface area contributed by atoms with Gasteiger partial charge in [-0.1, -0.05) is 12.8 Å². The van der Waals surface area contributed by atoms with Crippen molar-refractivity contribution < 1.29 is 4.74 Å². The molecule has 0 spiro atoms. The molecule has 0 aliphatic heterocycles. The Balaban J connectivity index is 2.01. The maximum absolute atomic E-state index is 5.76. The van der Waals surface area contributed by atoms with E-state index in [1.54, 1.807) is 0 Å². The second-order valence-corrected chi connectivity index (χ2v) is 4.37. The van der Waals surface area contributed by atoms with Crippen LogP contribution in [0, 0.1) is 5.92 Å². The molecule has 1 rings (SSSR count). The van der Waals surface area contributed by atoms with Crippen LogP contribution < -0.4 is 5.32 Å². The number of hydrogen-bond donors (Lipinski definition) is 1. The van der Waals surface area contributed by atoms with Gasteiger partial charge < -0.3 is 10.1 Å². The predicted molar refractivity (Wildman–Crippen MR) is 51.3 cm³/mol. The molecule has 2 heteroatoms. The Morgan fingerprint density at radius 3 is 2.58 bits per heavy atom. The number of ether oxygens (including phenoxy) is 1. The monoisotopic (exact) mass is 171 g/mol. The second-order valence-electron chi connectivity index (χ2n) is 4.37. The van der Waals surface area contributed by atoms with E-state index < -0.39 is 0 Å². The third kappa shape index (κ3) is 4.07. The molecular weight excluding hydrogens is 150 g/mol. The van der Waals surface area contributed by atoms with Gasteiger partial charge >= 0.3 is 0 Å². The van der Waals surface area contributed by atoms with E-state index in [1.807, 2.05) is 7.05 Å². The first-order valence-corrected chi connectivity index (χ1v) is 4.92. The lowest BCUT2D eigenvalue weighted by atomic mass is 10.1. The summed E-state index contributed by atoms with van der Waals surface area (Å²) >= 11 is 0. The lowest BCUT2D eigenvalue weighted by Gasteiger charge is -2.24. The normalized spacial score (nSPS) is 18.2. The molecule has 0 aromatic rings. The standard InChI is InChI=1S/C10H21NO/c1-10(2,8-11-3)12-7-6-9-4-5-9/h9,11H,4-8H2,1-3H3. The Morgan fingerprint density at radius 2 is 2.08 bits per heavy atom. The van der Waals surface area contributed by atoms with Gasteiger partial charge in [0.1, 0.15) is 0 Å². The Bertz CT molecular complexity index is 130. The number of nitrogens with one attached hydrogen (secondary N) is 1. The molecule has 1 fully saturated rings. The van der Waals surface area contributed by atoms with Crippen LogP contribution >= 0.6 is 0 Å². The fourth-order valence-corrected chi connectivity index (χ4v) is 1.39. The number of rotatable bonds is 6. The van der Waals surface area contributed by atoms with Gasteiger partial charge in [0, 0.05) is 13.2 Å². The first-order valence-electron chi connectivity index (χ1n) is 4.92. The van der Waals surface area contributed by atoms with Crippen LogP contribution in [0.1, 0.15) is 33.1 Å². The summed E-state index contributed by atoms with van der Waals surface area (Å²) in [7, 11) is 1.96. The van der Waals surface area contributed by atoms with E-state index in [4.69, 9.17) is 4.74 Å². The van der Waals surface area contributed by atoms with Crippen molar-refractivity contribution in [1.29, 1.82) is 0 Å². The SMILES string of the molecule is CNCC(C)(C)OCCC1CC1. The maximum Gasteiger partial charge on any atom is 0.0750 e. The molecule has 0 aromatic carbocycles. The number of likely N-dealkylation sites (N-methyl/N-ethyl adjacent to an activating group) is 1. The van der Waals surface area contributed by atoms with Gasteiger partial charge in [0.25, 0.3) is 0 Å². The highest BCUT2D eigenvalue weighted by atomic mass is 16.5. The summed E-state index contributed by atoms with van der Waals surface area (Å²) in [6.45, 7) is 6.13. The highest BCUT2D eigenvalue weighted by Gasteiger charge is 2.23. The quantitative estimate of drug-likeness (QED) is 0.658. The Hall–Kier alpha value is -0.0800. The van der Waals surface area contributed by atoms with Crippen LogP contribution in [0.25, 0.3) is 0 Å². The molecule has 0 atom stereocenters. The van der Waals surface area contributed by atoms with Crippen molar-refractivity contribution in [2.24, 2.45) is 5.92 Å². The molecule has 0 amide bonds. The average Bonchev–Trinajstić information content (AvgIpc) is 2.70. The van der Waals surface area contributed by atoms with Gasteiger partial charge in [-0.2, -0.15) is 0 Å². The molecule has 0 unspecified atom stereocenters. The van der Waals surface area contributed by atoms with Crippen LogP contribution in [-0.4, -0.2) is 25.8 Å². The topological polar surface area (TPSA) is 21.3 Å². The minimum absolute atomic E-state index is 0.00361. The Kier molecular flexibility index (Phi) is 3.53. The second kappa shape index (κ2) is 4.24. The van der Waals surface area contributed by atoms with Crippen molar-refractivity contribution in [3.8, 4) is 0 Å². The first-order chi connectivity index (χ1) is 5.64. The van der Waals surface area contributed by atoms with E-state index in [9.17, 15) is 0 Å². The van der Waals surface area contributed by atoms with Gasteiger partial charge in [-0.05, 0) is 33.2 Å². The smallest absolute Gasteiger partial charge is 0.0750 e. The van der Waals surface area contributed by atoms with Gasteiger partial charge in [0.2, 0.25) is 0 Å². The van der Waals surface area contributed by atoms with E-state index in [0.29, 0.717) is 0 Å². The summed E-state index contributed by atoms with van der Waals surface area (Å²) < 4.78 is 5.76. The molecule has 1 aliphatic rings. The van der Waals surface area contributed by atoms with Crippen molar-refractivity contribution in [3.05, 3.63) is 0 Å². The summed E-state index contributed by atoms with van der Waals surface area (Å²) in [5, 5.41) is 3.14. The van der Waals surface area contributed by atoms with Gasteiger partial charge in [0.15, 0.2) is 0 Å². The van der Waals surface area contributed by atoms with Crippen molar-refractivity contribution in [2.75, 3.05) is 20.2 Å². The molecule has 1 aliphatic carbocycles. The molecule has 0 saturated heterocycles. The van der Waals surface area contributed by atoms with Gasteiger partial charge in [0.05, 0.1) is 5.60 Å².